The summed E-state index contributed by atoms with van der Waals surface area (Å²) in [5.41, 5.74) is 2.09. The number of carbonyl (C=O) groups excluding carboxylic acids is 1. The van der Waals surface area contributed by atoms with Crippen molar-refractivity contribution in [1.82, 2.24) is 0 Å². The summed E-state index contributed by atoms with van der Waals surface area (Å²) in [6.07, 6.45) is 0.498. The Morgan fingerprint density at radius 1 is 1.17 bits per heavy atom. The van der Waals surface area contributed by atoms with E-state index < -0.39 is 12.4 Å². The molecule has 0 fully saturated rings. The molecule has 98 valence electrons. The van der Waals surface area contributed by atoms with Crippen molar-refractivity contribution in [3.63, 3.8) is 0 Å². The first kappa shape index (κ1) is 14.4. The minimum Gasteiger partial charge on any atom is -0.481 e. The van der Waals surface area contributed by atoms with Crippen LogP contribution < -0.4 is 0 Å². The SMILES string of the molecule is CC(C)Cc1ccccc1[C@H](C)C(=O)CC(=O)O. The maximum Gasteiger partial charge on any atom is 0.310 e. The van der Waals surface area contributed by atoms with Gasteiger partial charge in [-0.1, -0.05) is 45.0 Å². The number of Topliss-reactive ketones (excluding diaryl/α,β-unsaturated/α-hetero) is 1. The van der Waals surface area contributed by atoms with Gasteiger partial charge in [0.1, 0.15) is 6.42 Å². The molecule has 3 nitrogen and oxygen atoms in total. The molecule has 0 spiro atoms. The standard InChI is InChI=1S/C15H20O3/c1-10(2)8-12-6-4-5-7-13(12)11(3)14(16)9-15(17)18/h4-7,10-11H,8-9H2,1-3H3,(H,17,18)/t11-/m0/s1. The summed E-state index contributed by atoms with van der Waals surface area (Å²) < 4.78 is 0. The highest BCUT2D eigenvalue weighted by Gasteiger charge is 2.20. The van der Waals surface area contributed by atoms with Crippen LogP contribution in [0.2, 0.25) is 0 Å². The maximum absolute atomic E-state index is 11.8. The summed E-state index contributed by atoms with van der Waals surface area (Å²) in [5.74, 6) is -1.14. The normalized spacial score (nSPS) is 12.4. The average Bonchev–Trinajstić information content (AvgIpc) is 2.27. The molecule has 1 N–H and O–H groups in total. The van der Waals surface area contributed by atoms with E-state index in [1.165, 1.54) is 0 Å². The third-order valence-corrected chi connectivity index (χ3v) is 2.96. The molecule has 0 saturated heterocycles. The molecule has 0 aliphatic carbocycles. The predicted molar refractivity (Wildman–Crippen MR) is 70.7 cm³/mol. The minimum atomic E-state index is -1.06. The molecule has 0 unspecified atom stereocenters. The van der Waals surface area contributed by atoms with Gasteiger partial charge in [0.05, 0.1) is 0 Å². The second-order valence-corrected chi connectivity index (χ2v) is 5.06. The Bertz CT molecular complexity index is 435. The molecule has 0 aliphatic rings. The summed E-state index contributed by atoms with van der Waals surface area (Å²) in [4.78, 5) is 22.4. The smallest absolute Gasteiger partial charge is 0.310 e. The van der Waals surface area contributed by atoms with Crippen LogP contribution in [-0.4, -0.2) is 16.9 Å². The molecule has 0 aliphatic heterocycles. The molecule has 1 rings (SSSR count). The van der Waals surface area contributed by atoms with Crippen molar-refractivity contribution in [1.29, 1.82) is 0 Å². The van der Waals surface area contributed by atoms with Crippen LogP contribution in [-0.2, 0) is 16.0 Å². The lowest BCUT2D eigenvalue weighted by atomic mass is 9.88. The van der Waals surface area contributed by atoms with E-state index in [-0.39, 0.29) is 11.7 Å². The van der Waals surface area contributed by atoms with Gasteiger partial charge in [0.2, 0.25) is 0 Å². The van der Waals surface area contributed by atoms with Gasteiger partial charge in [-0.25, -0.2) is 0 Å². The van der Waals surface area contributed by atoms with E-state index in [1.807, 2.05) is 24.3 Å². The monoisotopic (exact) mass is 248 g/mol. The summed E-state index contributed by atoms with van der Waals surface area (Å²) >= 11 is 0. The summed E-state index contributed by atoms with van der Waals surface area (Å²) in [7, 11) is 0. The molecule has 3 heteroatoms. The Kier molecular flexibility index (Phi) is 5.08. The van der Waals surface area contributed by atoms with E-state index in [4.69, 9.17) is 5.11 Å². The number of hydrogen-bond donors (Lipinski definition) is 1. The number of carboxylic acid groups (broad SMARTS) is 1. The summed E-state index contributed by atoms with van der Waals surface area (Å²) in [6, 6.07) is 7.78. The molecule has 0 aromatic heterocycles. The van der Waals surface area contributed by atoms with Crippen LogP contribution in [0.15, 0.2) is 24.3 Å². The van der Waals surface area contributed by atoms with Gasteiger partial charge >= 0.3 is 5.97 Å². The van der Waals surface area contributed by atoms with Gasteiger partial charge < -0.3 is 5.11 Å². The molecular formula is C15H20O3. The molecule has 0 bridgehead atoms. The Balaban J connectivity index is 2.94. The summed E-state index contributed by atoms with van der Waals surface area (Å²) in [5, 5.41) is 8.67. The number of aliphatic carboxylic acids is 1. The Hall–Kier alpha value is -1.64. The largest absolute Gasteiger partial charge is 0.481 e. The first-order chi connectivity index (χ1) is 8.41. The van der Waals surface area contributed by atoms with Gasteiger partial charge in [-0.3, -0.25) is 9.59 Å². The fourth-order valence-electron chi connectivity index (χ4n) is 2.06. The second-order valence-electron chi connectivity index (χ2n) is 5.06. The molecule has 18 heavy (non-hydrogen) atoms. The third kappa shape index (κ3) is 3.99. The van der Waals surface area contributed by atoms with Gasteiger partial charge in [0.25, 0.3) is 0 Å². The van der Waals surface area contributed by atoms with Gasteiger partial charge in [-0.2, -0.15) is 0 Å². The lowest BCUT2D eigenvalue weighted by molar-refractivity contribution is -0.140. The van der Waals surface area contributed by atoms with Crippen molar-refractivity contribution in [2.75, 3.05) is 0 Å². The molecule has 1 atom stereocenters. The van der Waals surface area contributed by atoms with Crippen LogP contribution in [0.5, 0.6) is 0 Å². The van der Waals surface area contributed by atoms with E-state index in [0.717, 1.165) is 17.5 Å². The van der Waals surface area contributed by atoms with Crippen molar-refractivity contribution in [3.8, 4) is 0 Å². The van der Waals surface area contributed by atoms with Gasteiger partial charge in [0, 0.05) is 5.92 Å². The topological polar surface area (TPSA) is 54.4 Å². The summed E-state index contributed by atoms with van der Waals surface area (Å²) in [6.45, 7) is 6.03. The Morgan fingerprint density at radius 3 is 2.33 bits per heavy atom. The van der Waals surface area contributed by atoms with Gasteiger partial charge in [-0.05, 0) is 23.5 Å². The zero-order valence-electron chi connectivity index (χ0n) is 11.1. The van der Waals surface area contributed by atoms with Crippen LogP contribution in [0.3, 0.4) is 0 Å². The highest BCUT2D eigenvalue weighted by atomic mass is 16.4. The number of benzene rings is 1. The van der Waals surface area contributed by atoms with Crippen LogP contribution >= 0.6 is 0 Å². The van der Waals surface area contributed by atoms with Crippen LogP contribution in [0.25, 0.3) is 0 Å². The van der Waals surface area contributed by atoms with E-state index in [1.54, 1.807) is 6.92 Å². The van der Waals surface area contributed by atoms with E-state index >= 15 is 0 Å². The Labute approximate surface area is 108 Å². The fraction of sp³-hybridized carbons (Fsp3) is 0.467. The lowest BCUT2D eigenvalue weighted by Gasteiger charge is -2.16. The zero-order chi connectivity index (χ0) is 13.7. The van der Waals surface area contributed by atoms with E-state index in [0.29, 0.717) is 5.92 Å². The molecule has 1 aromatic carbocycles. The fourth-order valence-corrected chi connectivity index (χ4v) is 2.06. The van der Waals surface area contributed by atoms with Crippen molar-refractivity contribution in [2.45, 2.75) is 39.5 Å². The predicted octanol–water partition coefficient (Wildman–Crippen LogP) is 3.03. The molecule has 1 aromatic rings. The van der Waals surface area contributed by atoms with E-state index in [2.05, 4.69) is 13.8 Å². The first-order valence-electron chi connectivity index (χ1n) is 6.24. The highest BCUT2D eigenvalue weighted by molar-refractivity contribution is 5.98. The van der Waals surface area contributed by atoms with Crippen molar-refractivity contribution in [2.24, 2.45) is 5.92 Å². The number of hydrogen-bond acceptors (Lipinski definition) is 2. The molecule has 0 heterocycles. The maximum atomic E-state index is 11.8. The van der Waals surface area contributed by atoms with Crippen molar-refractivity contribution >= 4 is 11.8 Å². The molecule has 0 radical (unpaired) electrons. The van der Waals surface area contributed by atoms with Crippen molar-refractivity contribution < 1.29 is 14.7 Å². The van der Waals surface area contributed by atoms with Gasteiger partial charge in [0.15, 0.2) is 5.78 Å². The van der Waals surface area contributed by atoms with Crippen molar-refractivity contribution in [3.05, 3.63) is 35.4 Å². The number of carbonyl (C=O) groups is 2. The van der Waals surface area contributed by atoms with Crippen LogP contribution in [0.4, 0.5) is 0 Å². The van der Waals surface area contributed by atoms with E-state index in [9.17, 15) is 9.59 Å². The highest BCUT2D eigenvalue weighted by Crippen LogP contribution is 2.24. The molecule has 0 saturated carbocycles. The third-order valence-electron chi connectivity index (χ3n) is 2.96. The minimum absolute atomic E-state index is 0.237. The molecule has 0 amide bonds. The lowest BCUT2D eigenvalue weighted by Crippen LogP contribution is -2.15. The van der Waals surface area contributed by atoms with Crippen LogP contribution in [0, 0.1) is 5.92 Å². The molecular weight excluding hydrogens is 228 g/mol. The number of carboxylic acids is 1. The zero-order valence-corrected chi connectivity index (χ0v) is 11.1. The number of rotatable bonds is 6. The number of ketones is 1. The average molecular weight is 248 g/mol. The Morgan fingerprint density at radius 2 is 1.78 bits per heavy atom. The quantitative estimate of drug-likeness (QED) is 0.787. The van der Waals surface area contributed by atoms with Gasteiger partial charge in [-0.15, -0.1) is 0 Å². The first-order valence-corrected chi connectivity index (χ1v) is 6.24. The second kappa shape index (κ2) is 6.34. The van der Waals surface area contributed by atoms with Crippen LogP contribution in [0.1, 0.15) is 44.2 Å².